The van der Waals surface area contributed by atoms with Crippen LogP contribution >= 0.6 is 0 Å². The maximum atomic E-state index is 13.2. The predicted molar refractivity (Wildman–Crippen MR) is 117 cm³/mol. The van der Waals surface area contributed by atoms with E-state index in [1.807, 2.05) is 60.4 Å². The number of amides is 2. The van der Waals surface area contributed by atoms with E-state index in [1.165, 1.54) is 0 Å². The largest absolute Gasteiger partial charge is 0.493 e. The summed E-state index contributed by atoms with van der Waals surface area (Å²) in [6.07, 6.45) is 4.55. The Morgan fingerprint density at radius 2 is 2.10 bits per heavy atom. The molecule has 2 amide bonds. The number of methoxy groups -OCH3 is 1. The Kier molecular flexibility index (Phi) is 4.89. The van der Waals surface area contributed by atoms with Crippen molar-refractivity contribution in [2.24, 2.45) is 0 Å². The van der Waals surface area contributed by atoms with Gasteiger partial charge < -0.3 is 24.8 Å². The lowest BCUT2D eigenvalue weighted by molar-refractivity contribution is 0.0820. The number of nitrogens with one attached hydrogen (secondary N) is 1. The Morgan fingerprint density at radius 3 is 2.87 bits per heavy atom. The maximum absolute atomic E-state index is 13.2. The number of hydrogen-bond acceptors (Lipinski definition) is 4. The minimum absolute atomic E-state index is 0.0745. The molecule has 1 aliphatic carbocycles. The number of rotatable bonds is 3. The summed E-state index contributed by atoms with van der Waals surface area (Å²) in [6, 6.07) is 13.8. The van der Waals surface area contributed by atoms with E-state index in [0.29, 0.717) is 25.3 Å². The molecule has 162 valence electrons. The molecule has 1 spiro atoms. The number of carbonyl (C=O) groups excluding carboxylic acids is 1. The van der Waals surface area contributed by atoms with E-state index in [4.69, 9.17) is 9.47 Å². The Balaban J connectivity index is 1.46. The molecule has 0 radical (unpaired) electrons. The van der Waals surface area contributed by atoms with Crippen LogP contribution < -0.4 is 14.8 Å². The van der Waals surface area contributed by atoms with Crippen molar-refractivity contribution in [2.45, 2.75) is 50.0 Å². The van der Waals surface area contributed by atoms with Gasteiger partial charge in [0.25, 0.3) is 0 Å². The van der Waals surface area contributed by atoms with E-state index >= 15 is 0 Å². The molecule has 0 fully saturated rings. The average molecular weight is 421 g/mol. The lowest BCUT2D eigenvalue weighted by atomic mass is 9.69. The Labute approximate surface area is 182 Å². The summed E-state index contributed by atoms with van der Waals surface area (Å²) in [4.78, 5) is 15.1. The monoisotopic (exact) mass is 420 g/mol. The first-order chi connectivity index (χ1) is 15.0. The topological polar surface area (TPSA) is 71.0 Å². The third-order valence-corrected chi connectivity index (χ3v) is 6.88. The SMILES string of the molecule is COc1ccc2c3c1OC1C[C@@H](O)C=CC31CCN(C(=O)NC(C)c1ccccc1)C2. The summed E-state index contributed by atoms with van der Waals surface area (Å²) < 4.78 is 11.9. The molecule has 31 heavy (non-hydrogen) atoms. The van der Waals surface area contributed by atoms with Gasteiger partial charge in [-0.15, -0.1) is 0 Å². The van der Waals surface area contributed by atoms with Crippen molar-refractivity contribution in [1.82, 2.24) is 10.2 Å². The first kappa shape index (κ1) is 19.9. The fraction of sp³-hybridized carbons (Fsp3) is 0.400. The molecule has 2 aliphatic heterocycles. The highest BCUT2D eigenvalue weighted by Gasteiger charge is 2.53. The van der Waals surface area contributed by atoms with Crippen LogP contribution in [0.1, 0.15) is 42.5 Å². The van der Waals surface area contributed by atoms with Crippen LogP contribution in [0.4, 0.5) is 4.79 Å². The van der Waals surface area contributed by atoms with Gasteiger partial charge in [-0.25, -0.2) is 4.79 Å². The highest BCUT2D eigenvalue weighted by molar-refractivity contribution is 5.75. The van der Waals surface area contributed by atoms with Crippen molar-refractivity contribution in [3.63, 3.8) is 0 Å². The van der Waals surface area contributed by atoms with Crippen molar-refractivity contribution in [3.8, 4) is 11.5 Å². The van der Waals surface area contributed by atoms with E-state index in [-0.39, 0.29) is 23.6 Å². The van der Waals surface area contributed by atoms with Crippen molar-refractivity contribution in [3.05, 3.63) is 71.3 Å². The second-order valence-electron chi connectivity index (χ2n) is 8.69. The summed E-state index contributed by atoms with van der Waals surface area (Å²) >= 11 is 0. The third kappa shape index (κ3) is 3.26. The molecule has 0 aromatic heterocycles. The zero-order valence-electron chi connectivity index (χ0n) is 17.9. The van der Waals surface area contributed by atoms with Crippen LogP contribution in [0.3, 0.4) is 0 Å². The number of urea groups is 1. The quantitative estimate of drug-likeness (QED) is 0.743. The van der Waals surface area contributed by atoms with Crippen LogP contribution in [0, 0.1) is 0 Å². The molecule has 0 saturated heterocycles. The Bertz CT molecular complexity index is 1020. The molecular formula is C25H28N2O4. The number of carbonyl (C=O) groups is 1. The van der Waals surface area contributed by atoms with Crippen LogP contribution in [0.25, 0.3) is 0 Å². The summed E-state index contributed by atoms with van der Waals surface area (Å²) in [7, 11) is 1.64. The van der Waals surface area contributed by atoms with Crippen molar-refractivity contribution in [2.75, 3.05) is 13.7 Å². The van der Waals surface area contributed by atoms with Gasteiger partial charge in [-0.2, -0.15) is 0 Å². The van der Waals surface area contributed by atoms with Crippen LogP contribution in [-0.2, 0) is 12.0 Å². The highest BCUT2D eigenvalue weighted by Crippen LogP contribution is 2.55. The molecule has 0 bridgehead atoms. The highest BCUT2D eigenvalue weighted by atomic mass is 16.5. The van der Waals surface area contributed by atoms with Gasteiger partial charge in [0.05, 0.1) is 24.7 Å². The normalized spacial score (nSPS) is 26.9. The number of aliphatic hydroxyl groups excluding tert-OH is 1. The number of nitrogens with zero attached hydrogens (tertiary/aromatic N) is 1. The van der Waals surface area contributed by atoms with Crippen LogP contribution in [-0.4, -0.2) is 41.9 Å². The van der Waals surface area contributed by atoms with Crippen LogP contribution in [0.15, 0.2) is 54.6 Å². The summed E-state index contributed by atoms with van der Waals surface area (Å²) in [5.41, 5.74) is 2.90. The molecule has 0 saturated carbocycles. The molecule has 3 unspecified atom stereocenters. The summed E-state index contributed by atoms with van der Waals surface area (Å²) in [5.74, 6) is 1.45. The third-order valence-electron chi connectivity index (χ3n) is 6.88. The first-order valence-corrected chi connectivity index (χ1v) is 10.9. The molecular weight excluding hydrogens is 392 g/mol. The molecule has 2 heterocycles. The van der Waals surface area contributed by atoms with Crippen LogP contribution in [0.2, 0.25) is 0 Å². The number of benzene rings is 2. The zero-order valence-corrected chi connectivity index (χ0v) is 17.9. The van der Waals surface area contributed by atoms with Crippen molar-refractivity contribution < 1.29 is 19.4 Å². The predicted octanol–water partition coefficient (Wildman–Crippen LogP) is 3.69. The van der Waals surface area contributed by atoms with Gasteiger partial charge in [-0.1, -0.05) is 48.6 Å². The minimum Gasteiger partial charge on any atom is -0.493 e. The fourth-order valence-electron chi connectivity index (χ4n) is 5.21. The van der Waals surface area contributed by atoms with E-state index < -0.39 is 6.10 Å². The van der Waals surface area contributed by atoms with E-state index in [1.54, 1.807) is 7.11 Å². The fourth-order valence-corrected chi connectivity index (χ4v) is 5.21. The molecule has 6 heteroatoms. The Morgan fingerprint density at radius 1 is 1.29 bits per heavy atom. The minimum atomic E-state index is -0.520. The van der Waals surface area contributed by atoms with E-state index in [2.05, 4.69) is 11.4 Å². The van der Waals surface area contributed by atoms with Gasteiger partial charge >= 0.3 is 6.03 Å². The van der Waals surface area contributed by atoms with Gasteiger partial charge in [0.15, 0.2) is 11.5 Å². The number of aliphatic hydroxyl groups is 1. The van der Waals surface area contributed by atoms with Crippen molar-refractivity contribution >= 4 is 6.03 Å². The number of ether oxygens (including phenoxy) is 2. The molecule has 5 rings (SSSR count). The standard InChI is InChI=1S/C25H28N2O4/c1-16(17-6-4-3-5-7-17)26-24(29)27-13-12-25-11-10-19(28)14-21(25)31-23-20(30-2)9-8-18(15-27)22(23)25/h3-11,16,19,21,28H,12-15H2,1-2H3,(H,26,29)/t16?,19-,21?,25?/m0/s1. The molecule has 6 nitrogen and oxygen atoms in total. The molecule has 3 aliphatic rings. The van der Waals surface area contributed by atoms with Gasteiger partial charge in [0, 0.05) is 25.1 Å². The molecule has 2 aromatic rings. The first-order valence-electron chi connectivity index (χ1n) is 10.9. The van der Waals surface area contributed by atoms with Gasteiger partial charge in [-0.3, -0.25) is 0 Å². The lowest BCUT2D eigenvalue weighted by Gasteiger charge is -2.35. The summed E-state index contributed by atoms with van der Waals surface area (Å²) in [6.45, 7) is 3.11. The second-order valence-corrected chi connectivity index (χ2v) is 8.69. The van der Waals surface area contributed by atoms with Crippen LogP contribution in [0.5, 0.6) is 11.5 Å². The zero-order chi connectivity index (χ0) is 21.6. The van der Waals surface area contributed by atoms with Gasteiger partial charge in [0.1, 0.15) is 6.10 Å². The van der Waals surface area contributed by atoms with Gasteiger partial charge in [0.2, 0.25) is 0 Å². The molecule has 4 atom stereocenters. The Hall–Kier alpha value is -2.99. The van der Waals surface area contributed by atoms with Crippen molar-refractivity contribution in [1.29, 1.82) is 0 Å². The second kappa shape index (κ2) is 7.61. The van der Waals surface area contributed by atoms with Gasteiger partial charge in [-0.05, 0) is 30.5 Å². The molecule has 2 N–H and O–H groups in total. The lowest BCUT2D eigenvalue weighted by Crippen LogP contribution is -2.44. The maximum Gasteiger partial charge on any atom is 0.318 e. The molecule has 2 aromatic carbocycles. The van der Waals surface area contributed by atoms with E-state index in [9.17, 15) is 9.90 Å². The van der Waals surface area contributed by atoms with E-state index in [0.717, 1.165) is 28.9 Å². The average Bonchev–Trinajstić information content (AvgIpc) is 3.01. The smallest absolute Gasteiger partial charge is 0.318 e. The number of hydrogen-bond donors (Lipinski definition) is 2. The summed E-state index contributed by atoms with van der Waals surface area (Å²) in [5, 5.41) is 13.3.